The minimum absolute atomic E-state index is 0.116. The highest BCUT2D eigenvalue weighted by Crippen LogP contribution is 2.20. The standard InChI is InChI=1S/C11H13N3O3S/c1-7-11(17-8(2)13-7)14-18(15,16)10-5-3-9(12)4-6-10/h3-6,14H,12H2,1-2H3. The molecular formula is C11H13N3O3S. The van der Waals surface area contributed by atoms with Gasteiger partial charge in [-0.15, -0.1) is 0 Å². The lowest BCUT2D eigenvalue weighted by Crippen LogP contribution is -2.13. The predicted molar refractivity (Wildman–Crippen MR) is 67.6 cm³/mol. The number of nitrogens with one attached hydrogen (secondary N) is 1. The molecule has 7 heteroatoms. The SMILES string of the molecule is Cc1nc(C)c(NS(=O)(=O)c2ccc(N)cc2)o1. The third-order valence-corrected chi connectivity index (χ3v) is 3.67. The van der Waals surface area contributed by atoms with Gasteiger partial charge in [0.2, 0.25) is 5.88 Å². The predicted octanol–water partition coefficient (Wildman–Crippen LogP) is 1.67. The summed E-state index contributed by atoms with van der Waals surface area (Å²) in [5.41, 5.74) is 6.50. The summed E-state index contributed by atoms with van der Waals surface area (Å²) in [7, 11) is -3.68. The summed E-state index contributed by atoms with van der Waals surface area (Å²) in [6.45, 7) is 3.31. The smallest absolute Gasteiger partial charge is 0.264 e. The Morgan fingerprint density at radius 3 is 2.33 bits per heavy atom. The van der Waals surface area contributed by atoms with E-state index in [1.54, 1.807) is 13.8 Å². The van der Waals surface area contributed by atoms with Crippen molar-refractivity contribution in [3.8, 4) is 0 Å². The Morgan fingerprint density at radius 2 is 1.83 bits per heavy atom. The first kappa shape index (κ1) is 12.4. The molecule has 96 valence electrons. The number of hydrogen-bond donors (Lipinski definition) is 2. The molecule has 3 N–H and O–H groups in total. The summed E-state index contributed by atoms with van der Waals surface area (Å²) in [5, 5.41) is 0. The highest BCUT2D eigenvalue weighted by molar-refractivity contribution is 7.92. The number of aromatic nitrogens is 1. The van der Waals surface area contributed by atoms with Crippen molar-refractivity contribution in [2.75, 3.05) is 10.5 Å². The Labute approximate surface area is 105 Å². The van der Waals surface area contributed by atoms with Crippen molar-refractivity contribution in [1.82, 2.24) is 4.98 Å². The van der Waals surface area contributed by atoms with Gasteiger partial charge in [-0.1, -0.05) is 0 Å². The van der Waals surface area contributed by atoms with E-state index in [2.05, 4.69) is 9.71 Å². The van der Waals surface area contributed by atoms with Gasteiger partial charge in [-0.25, -0.2) is 18.1 Å². The number of nitrogen functional groups attached to an aromatic ring is 1. The molecule has 0 saturated carbocycles. The van der Waals surface area contributed by atoms with Crippen molar-refractivity contribution in [3.05, 3.63) is 35.9 Å². The van der Waals surface area contributed by atoms with Gasteiger partial charge in [-0.2, -0.15) is 0 Å². The van der Waals surface area contributed by atoms with Gasteiger partial charge in [0.1, 0.15) is 5.69 Å². The Bertz CT molecular complexity index is 659. The van der Waals surface area contributed by atoms with Gasteiger partial charge in [-0.05, 0) is 31.2 Å². The van der Waals surface area contributed by atoms with Crippen molar-refractivity contribution in [3.63, 3.8) is 0 Å². The third kappa shape index (κ3) is 2.45. The molecule has 0 aliphatic rings. The number of hydrogen-bond acceptors (Lipinski definition) is 5. The molecule has 1 aromatic carbocycles. The highest BCUT2D eigenvalue weighted by Gasteiger charge is 2.18. The van der Waals surface area contributed by atoms with Gasteiger partial charge in [0.15, 0.2) is 5.89 Å². The molecule has 0 atom stereocenters. The molecule has 2 aromatic rings. The zero-order valence-electron chi connectivity index (χ0n) is 9.97. The van der Waals surface area contributed by atoms with Crippen LogP contribution in [0.4, 0.5) is 11.6 Å². The molecule has 0 bridgehead atoms. The van der Waals surface area contributed by atoms with Crippen molar-refractivity contribution < 1.29 is 12.8 Å². The van der Waals surface area contributed by atoms with Crippen molar-refractivity contribution in [2.45, 2.75) is 18.7 Å². The second kappa shape index (κ2) is 4.34. The largest absolute Gasteiger partial charge is 0.424 e. The van der Waals surface area contributed by atoms with Gasteiger partial charge < -0.3 is 10.2 Å². The molecule has 0 saturated heterocycles. The van der Waals surface area contributed by atoms with Gasteiger partial charge >= 0.3 is 0 Å². The van der Waals surface area contributed by atoms with Gasteiger partial charge in [0.25, 0.3) is 10.0 Å². The second-order valence-electron chi connectivity index (χ2n) is 3.82. The summed E-state index contributed by atoms with van der Waals surface area (Å²) in [4.78, 5) is 4.11. The molecule has 1 aromatic heterocycles. The van der Waals surface area contributed by atoms with Crippen molar-refractivity contribution in [2.24, 2.45) is 0 Å². The lowest BCUT2D eigenvalue weighted by Gasteiger charge is -2.05. The van der Waals surface area contributed by atoms with E-state index in [0.29, 0.717) is 17.3 Å². The number of sulfonamides is 1. The number of anilines is 2. The van der Waals surface area contributed by atoms with E-state index in [-0.39, 0.29) is 10.8 Å². The quantitative estimate of drug-likeness (QED) is 0.824. The van der Waals surface area contributed by atoms with E-state index in [1.165, 1.54) is 24.3 Å². The van der Waals surface area contributed by atoms with Crippen LogP contribution < -0.4 is 10.5 Å². The van der Waals surface area contributed by atoms with E-state index in [0.717, 1.165) is 0 Å². The van der Waals surface area contributed by atoms with E-state index in [9.17, 15) is 8.42 Å². The zero-order valence-corrected chi connectivity index (χ0v) is 10.8. The zero-order chi connectivity index (χ0) is 13.3. The Balaban J connectivity index is 2.33. The fourth-order valence-corrected chi connectivity index (χ4v) is 2.50. The van der Waals surface area contributed by atoms with Crippen LogP contribution in [0.25, 0.3) is 0 Å². The number of nitrogens with zero attached hydrogens (tertiary/aromatic N) is 1. The van der Waals surface area contributed by atoms with Crippen molar-refractivity contribution >= 4 is 21.6 Å². The first-order valence-electron chi connectivity index (χ1n) is 5.21. The molecule has 6 nitrogen and oxygen atoms in total. The summed E-state index contributed by atoms with van der Waals surface area (Å²) in [6, 6.07) is 5.90. The molecule has 1 heterocycles. The highest BCUT2D eigenvalue weighted by atomic mass is 32.2. The average Bonchev–Trinajstić information content (AvgIpc) is 2.57. The first-order chi connectivity index (χ1) is 8.38. The molecule has 18 heavy (non-hydrogen) atoms. The van der Waals surface area contributed by atoms with Gasteiger partial charge in [0.05, 0.1) is 4.90 Å². The number of rotatable bonds is 3. The molecule has 0 spiro atoms. The molecule has 0 fully saturated rings. The Morgan fingerprint density at radius 1 is 1.22 bits per heavy atom. The van der Waals surface area contributed by atoms with Gasteiger partial charge in [0, 0.05) is 12.6 Å². The lowest BCUT2D eigenvalue weighted by molar-refractivity contribution is 0.535. The van der Waals surface area contributed by atoms with E-state index < -0.39 is 10.0 Å². The van der Waals surface area contributed by atoms with Crippen LogP contribution in [0.5, 0.6) is 0 Å². The maximum Gasteiger partial charge on any atom is 0.264 e. The van der Waals surface area contributed by atoms with Crippen molar-refractivity contribution in [1.29, 1.82) is 0 Å². The van der Waals surface area contributed by atoms with E-state index in [4.69, 9.17) is 10.2 Å². The van der Waals surface area contributed by atoms with Crippen LogP contribution >= 0.6 is 0 Å². The average molecular weight is 267 g/mol. The molecule has 2 rings (SSSR count). The molecule has 0 aliphatic heterocycles. The summed E-state index contributed by atoms with van der Waals surface area (Å²) in [6.07, 6.45) is 0. The Kier molecular flexibility index (Phi) is 3.00. The summed E-state index contributed by atoms with van der Waals surface area (Å²) in [5.74, 6) is 0.534. The summed E-state index contributed by atoms with van der Waals surface area (Å²) >= 11 is 0. The number of aryl methyl sites for hydroxylation is 2. The number of nitrogens with two attached hydrogens (primary N) is 1. The number of benzene rings is 1. The molecule has 0 amide bonds. The van der Waals surface area contributed by atoms with Crippen LogP contribution in [0.15, 0.2) is 33.6 Å². The van der Waals surface area contributed by atoms with Crippen LogP contribution in [0.2, 0.25) is 0 Å². The van der Waals surface area contributed by atoms with Crippen LogP contribution in [-0.2, 0) is 10.0 Å². The Hall–Kier alpha value is -2.02. The number of oxazole rings is 1. The molecule has 0 radical (unpaired) electrons. The second-order valence-corrected chi connectivity index (χ2v) is 5.50. The van der Waals surface area contributed by atoms with Crippen LogP contribution in [0.1, 0.15) is 11.6 Å². The third-order valence-electron chi connectivity index (χ3n) is 2.32. The van der Waals surface area contributed by atoms with E-state index >= 15 is 0 Å². The fraction of sp³-hybridized carbons (Fsp3) is 0.182. The van der Waals surface area contributed by atoms with Crippen LogP contribution in [-0.4, -0.2) is 13.4 Å². The minimum Gasteiger partial charge on any atom is -0.424 e. The summed E-state index contributed by atoms with van der Waals surface area (Å²) < 4.78 is 31.6. The van der Waals surface area contributed by atoms with Crippen LogP contribution in [0, 0.1) is 13.8 Å². The minimum atomic E-state index is -3.68. The van der Waals surface area contributed by atoms with Crippen LogP contribution in [0.3, 0.4) is 0 Å². The first-order valence-corrected chi connectivity index (χ1v) is 6.69. The van der Waals surface area contributed by atoms with Gasteiger partial charge in [-0.3, -0.25) is 0 Å². The topological polar surface area (TPSA) is 98.2 Å². The maximum atomic E-state index is 12.0. The monoisotopic (exact) mass is 267 g/mol. The maximum absolute atomic E-state index is 12.0. The fourth-order valence-electron chi connectivity index (χ4n) is 1.45. The normalized spacial score (nSPS) is 11.4. The lowest BCUT2D eigenvalue weighted by atomic mass is 10.3. The molecule has 0 unspecified atom stereocenters. The van der Waals surface area contributed by atoms with E-state index in [1.807, 2.05) is 0 Å². The molecular weight excluding hydrogens is 254 g/mol. The molecule has 0 aliphatic carbocycles.